The zero-order valence-electron chi connectivity index (χ0n) is 14.6. The van der Waals surface area contributed by atoms with E-state index in [1.165, 1.54) is 11.8 Å². The van der Waals surface area contributed by atoms with Crippen LogP contribution in [-0.4, -0.2) is 23.9 Å². The van der Waals surface area contributed by atoms with Crippen molar-refractivity contribution in [2.24, 2.45) is 0 Å². The summed E-state index contributed by atoms with van der Waals surface area (Å²) in [4.78, 5) is 26.0. The Morgan fingerprint density at radius 3 is 2.35 bits per heavy atom. The summed E-state index contributed by atoms with van der Waals surface area (Å²) < 4.78 is 5.26. The van der Waals surface area contributed by atoms with Gasteiger partial charge in [-0.25, -0.2) is 0 Å². The number of aromatic nitrogens is 1. The quantitative estimate of drug-likeness (QED) is 0.621. The van der Waals surface area contributed by atoms with Gasteiger partial charge < -0.3 is 9.42 Å². The van der Waals surface area contributed by atoms with Crippen LogP contribution in [0.25, 0.3) is 11.3 Å². The Balaban J connectivity index is 1.99. The van der Waals surface area contributed by atoms with Crippen molar-refractivity contribution < 1.29 is 14.1 Å². The number of halogens is 1. The van der Waals surface area contributed by atoms with E-state index in [0.717, 1.165) is 0 Å². The van der Waals surface area contributed by atoms with Crippen molar-refractivity contribution in [3.63, 3.8) is 0 Å². The van der Waals surface area contributed by atoms with Gasteiger partial charge in [0.15, 0.2) is 5.78 Å². The Morgan fingerprint density at radius 2 is 1.73 bits per heavy atom. The Bertz CT molecular complexity index is 977. The molecule has 0 spiro atoms. The Hall–Kier alpha value is -2.92. The highest BCUT2D eigenvalue weighted by atomic mass is 35.5. The normalized spacial score (nSPS) is 10.6. The predicted molar refractivity (Wildman–Crippen MR) is 101 cm³/mol. The van der Waals surface area contributed by atoms with Crippen molar-refractivity contribution in [1.82, 2.24) is 5.16 Å². The van der Waals surface area contributed by atoms with E-state index in [4.69, 9.17) is 16.1 Å². The second kappa shape index (κ2) is 7.14. The van der Waals surface area contributed by atoms with Gasteiger partial charge in [-0.15, -0.1) is 0 Å². The zero-order chi connectivity index (χ0) is 18.8. The van der Waals surface area contributed by atoms with Crippen LogP contribution in [0.5, 0.6) is 0 Å². The summed E-state index contributed by atoms with van der Waals surface area (Å²) >= 11 is 6.25. The summed E-state index contributed by atoms with van der Waals surface area (Å²) in [5, 5.41) is 4.52. The lowest BCUT2D eigenvalue weighted by Gasteiger charge is -2.18. The third-order valence-corrected chi connectivity index (χ3v) is 4.50. The van der Waals surface area contributed by atoms with Gasteiger partial charge in [-0.3, -0.25) is 9.59 Å². The third kappa shape index (κ3) is 3.26. The second-order valence-corrected chi connectivity index (χ2v) is 6.32. The molecular formula is C20H17ClN2O3. The highest BCUT2D eigenvalue weighted by Gasteiger charge is 2.26. The molecule has 0 fully saturated rings. The van der Waals surface area contributed by atoms with Gasteiger partial charge in [-0.1, -0.05) is 35.0 Å². The van der Waals surface area contributed by atoms with Crippen molar-refractivity contribution >= 4 is 29.0 Å². The molecule has 3 aromatic rings. The molecule has 0 atom stereocenters. The fraction of sp³-hybridized carbons (Fsp3) is 0.150. The molecule has 0 N–H and O–H groups in total. The number of amides is 1. The van der Waals surface area contributed by atoms with E-state index in [2.05, 4.69) is 5.16 Å². The second-order valence-electron chi connectivity index (χ2n) is 5.91. The van der Waals surface area contributed by atoms with Crippen molar-refractivity contribution in [3.05, 3.63) is 70.4 Å². The molecule has 26 heavy (non-hydrogen) atoms. The number of ketones is 1. The number of hydrogen-bond donors (Lipinski definition) is 0. The Labute approximate surface area is 156 Å². The van der Waals surface area contributed by atoms with Crippen molar-refractivity contribution in [2.45, 2.75) is 13.8 Å². The molecular weight excluding hydrogens is 352 g/mol. The summed E-state index contributed by atoms with van der Waals surface area (Å²) in [5.41, 5.74) is 2.65. The summed E-state index contributed by atoms with van der Waals surface area (Å²) in [6.07, 6.45) is 0. The molecule has 3 rings (SSSR count). The average Bonchev–Trinajstić information content (AvgIpc) is 3.02. The predicted octanol–water partition coefficient (Wildman–Crippen LogP) is 4.78. The van der Waals surface area contributed by atoms with Gasteiger partial charge in [0.2, 0.25) is 0 Å². The molecule has 0 radical (unpaired) electrons. The van der Waals surface area contributed by atoms with Crippen LogP contribution < -0.4 is 4.90 Å². The highest BCUT2D eigenvalue weighted by molar-refractivity contribution is 6.33. The van der Waals surface area contributed by atoms with Gasteiger partial charge >= 0.3 is 0 Å². The van der Waals surface area contributed by atoms with Crippen LogP contribution in [0.3, 0.4) is 0 Å². The summed E-state index contributed by atoms with van der Waals surface area (Å²) in [6.45, 7) is 3.19. The number of anilines is 1. The van der Waals surface area contributed by atoms with Crippen LogP contribution in [0.15, 0.2) is 53.1 Å². The molecule has 0 saturated heterocycles. The van der Waals surface area contributed by atoms with E-state index < -0.39 is 0 Å². The number of benzene rings is 2. The van der Waals surface area contributed by atoms with E-state index in [9.17, 15) is 9.59 Å². The molecule has 5 nitrogen and oxygen atoms in total. The smallest absolute Gasteiger partial charge is 0.263 e. The maximum absolute atomic E-state index is 13.1. The topological polar surface area (TPSA) is 63.4 Å². The third-order valence-electron chi connectivity index (χ3n) is 4.17. The standard InChI is InChI=1S/C20H17ClN2O3/c1-12(24)14-8-10-15(11-9-14)23(3)20(25)18-13(2)26-22-19(18)16-6-4-5-7-17(16)21/h4-11H,1-3H3. The van der Waals surface area contributed by atoms with Crippen molar-refractivity contribution in [3.8, 4) is 11.3 Å². The van der Waals surface area contributed by atoms with Crippen LogP contribution in [0.1, 0.15) is 33.4 Å². The van der Waals surface area contributed by atoms with E-state index >= 15 is 0 Å². The SMILES string of the molecule is CC(=O)c1ccc(N(C)C(=O)c2c(-c3ccccc3Cl)noc2C)cc1. The first kappa shape index (κ1) is 17.9. The molecule has 0 saturated carbocycles. The van der Waals surface area contributed by atoms with Crippen LogP contribution >= 0.6 is 11.6 Å². The minimum Gasteiger partial charge on any atom is -0.360 e. The molecule has 0 aliphatic heterocycles. The molecule has 0 unspecified atom stereocenters. The first-order valence-corrected chi connectivity index (χ1v) is 8.38. The molecule has 0 aliphatic rings. The van der Waals surface area contributed by atoms with E-state index in [-0.39, 0.29) is 11.7 Å². The highest BCUT2D eigenvalue weighted by Crippen LogP contribution is 2.32. The van der Waals surface area contributed by atoms with Gasteiger partial charge in [0.05, 0.1) is 5.02 Å². The molecule has 1 aromatic heterocycles. The first-order valence-electron chi connectivity index (χ1n) is 8.00. The molecule has 1 heterocycles. The number of Topliss-reactive ketones (excluding diaryl/α,β-unsaturated/α-hetero) is 1. The van der Waals surface area contributed by atoms with Crippen LogP contribution in [-0.2, 0) is 0 Å². The first-order chi connectivity index (χ1) is 12.4. The lowest BCUT2D eigenvalue weighted by atomic mass is 10.0. The Morgan fingerprint density at radius 1 is 1.08 bits per heavy atom. The number of hydrogen-bond acceptors (Lipinski definition) is 4. The van der Waals surface area contributed by atoms with Crippen molar-refractivity contribution in [1.29, 1.82) is 0 Å². The minimum absolute atomic E-state index is 0.0265. The van der Waals surface area contributed by atoms with Crippen LogP contribution in [0, 0.1) is 6.92 Å². The monoisotopic (exact) mass is 368 g/mol. The van der Waals surface area contributed by atoms with Gasteiger partial charge in [-0.05, 0) is 44.2 Å². The van der Waals surface area contributed by atoms with Crippen molar-refractivity contribution in [2.75, 3.05) is 11.9 Å². The number of carbonyl (C=O) groups excluding carboxylic acids is 2. The lowest BCUT2D eigenvalue weighted by molar-refractivity contribution is 0.0990. The lowest BCUT2D eigenvalue weighted by Crippen LogP contribution is -2.27. The average molecular weight is 369 g/mol. The largest absolute Gasteiger partial charge is 0.360 e. The number of carbonyl (C=O) groups is 2. The fourth-order valence-corrected chi connectivity index (χ4v) is 2.89. The summed E-state index contributed by atoms with van der Waals surface area (Å²) in [7, 11) is 1.66. The van der Waals surface area contributed by atoms with Crippen LogP contribution in [0.2, 0.25) is 5.02 Å². The maximum Gasteiger partial charge on any atom is 0.263 e. The van der Waals surface area contributed by atoms with E-state index in [1.807, 2.05) is 12.1 Å². The molecule has 2 aromatic carbocycles. The zero-order valence-corrected chi connectivity index (χ0v) is 15.4. The number of aryl methyl sites for hydroxylation is 1. The van der Waals surface area contributed by atoms with Crippen LogP contribution in [0.4, 0.5) is 5.69 Å². The minimum atomic E-state index is -0.269. The van der Waals surface area contributed by atoms with E-state index in [1.54, 1.807) is 50.4 Å². The maximum atomic E-state index is 13.1. The fourth-order valence-electron chi connectivity index (χ4n) is 2.67. The Kier molecular flexibility index (Phi) is 4.91. The summed E-state index contributed by atoms with van der Waals surface area (Å²) in [5.74, 6) is 0.118. The molecule has 0 aliphatic carbocycles. The molecule has 132 valence electrons. The molecule has 1 amide bonds. The van der Waals surface area contributed by atoms with Gasteiger partial charge in [-0.2, -0.15) is 0 Å². The molecule has 0 bridgehead atoms. The van der Waals surface area contributed by atoms with E-state index in [0.29, 0.717) is 38.9 Å². The summed E-state index contributed by atoms with van der Waals surface area (Å²) in [6, 6.07) is 14.0. The number of nitrogens with zero attached hydrogens (tertiary/aromatic N) is 2. The van der Waals surface area contributed by atoms with Gasteiger partial charge in [0, 0.05) is 23.9 Å². The number of rotatable bonds is 4. The molecule has 6 heteroatoms. The van der Waals surface area contributed by atoms with Gasteiger partial charge in [0.25, 0.3) is 5.91 Å². The van der Waals surface area contributed by atoms with Gasteiger partial charge in [0.1, 0.15) is 17.0 Å².